The standard InChI is InChI=1S/C14H16N4OS2/c19-13(8-10-2-1-7-20-10)17-5-3-12-11(17)4-6-18(12)14-16-15-9-21-14/h1-2,7,9,11-12H,3-6,8H2/t11-,12+/m0/s1. The molecule has 21 heavy (non-hydrogen) atoms. The number of aromatic nitrogens is 2. The molecular weight excluding hydrogens is 304 g/mol. The van der Waals surface area contributed by atoms with Gasteiger partial charge in [0.05, 0.1) is 18.5 Å². The smallest absolute Gasteiger partial charge is 0.228 e. The van der Waals surface area contributed by atoms with Crippen LogP contribution in [0.1, 0.15) is 17.7 Å². The van der Waals surface area contributed by atoms with Crippen LogP contribution in [0.5, 0.6) is 0 Å². The Bertz CT molecular complexity index is 613. The minimum Gasteiger partial charge on any atom is -0.341 e. The van der Waals surface area contributed by atoms with Crippen LogP contribution in [0.15, 0.2) is 23.0 Å². The Balaban J connectivity index is 1.47. The van der Waals surface area contributed by atoms with Gasteiger partial charge in [-0.2, -0.15) is 0 Å². The molecule has 0 unspecified atom stereocenters. The molecule has 0 spiro atoms. The third-order valence-electron chi connectivity index (χ3n) is 4.40. The molecule has 2 atom stereocenters. The third-order valence-corrected chi connectivity index (χ3v) is 6.00. The Kier molecular flexibility index (Phi) is 3.39. The maximum absolute atomic E-state index is 12.5. The molecule has 2 aliphatic heterocycles. The van der Waals surface area contributed by atoms with Crippen molar-refractivity contribution in [2.24, 2.45) is 0 Å². The van der Waals surface area contributed by atoms with Gasteiger partial charge >= 0.3 is 0 Å². The number of anilines is 1. The van der Waals surface area contributed by atoms with Gasteiger partial charge in [0, 0.05) is 18.0 Å². The second kappa shape index (κ2) is 5.38. The summed E-state index contributed by atoms with van der Waals surface area (Å²) in [6.45, 7) is 1.85. The number of amides is 1. The summed E-state index contributed by atoms with van der Waals surface area (Å²) >= 11 is 3.24. The fourth-order valence-corrected chi connectivity index (χ4v) is 4.83. The van der Waals surface area contributed by atoms with E-state index in [9.17, 15) is 4.79 Å². The van der Waals surface area contributed by atoms with E-state index >= 15 is 0 Å². The molecule has 110 valence electrons. The number of carbonyl (C=O) groups is 1. The van der Waals surface area contributed by atoms with Gasteiger partial charge in [-0.15, -0.1) is 21.5 Å². The Morgan fingerprint density at radius 2 is 2.19 bits per heavy atom. The van der Waals surface area contributed by atoms with Crippen molar-refractivity contribution in [3.05, 3.63) is 27.9 Å². The van der Waals surface area contributed by atoms with Crippen molar-refractivity contribution in [1.29, 1.82) is 0 Å². The van der Waals surface area contributed by atoms with Crippen molar-refractivity contribution < 1.29 is 4.79 Å². The number of hydrogen-bond acceptors (Lipinski definition) is 6. The summed E-state index contributed by atoms with van der Waals surface area (Å²) in [4.78, 5) is 18.1. The quantitative estimate of drug-likeness (QED) is 0.868. The second-order valence-electron chi connectivity index (χ2n) is 5.47. The molecule has 2 saturated heterocycles. The van der Waals surface area contributed by atoms with Crippen molar-refractivity contribution in [1.82, 2.24) is 15.1 Å². The van der Waals surface area contributed by atoms with E-state index in [4.69, 9.17) is 0 Å². The predicted molar refractivity (Wildman–Crippen MR) is 83.8 cm³/mol. The van der Waals surface area contributed by atoms with Gasteiger partial charge in [-0.05, 0) is 24.3 Å². The van der Waals surface area contributed by atoms with E-state index in [1.807, 2.05) is 17.5 Å². The Labute approximate surface area is 131 Å². The normalized spacial score (nSPS) is 24.6. The van der Waals surface area contributed by atoms with Crippen LogP contribution in [0.3, 0.4) is 0 Å². The maximum atomic E-state index is 12.5. The molecule has 0 bridgehead atoms. The average Bonchev–Trinajstić information content (AvgIpc) is 3.24. The molecule has 4 heterocycles. The molecule has 0 N–H and O–H groups in total. The molecule has 1 amide bonds. The topological polar surface area (TPSA) is 49.3 Å². The summed E-state index contributed by atoms with van der Waals surface area (Å²) in [5, 5.41) is 11.1. The Morgan fingerprint density at radius 3 is 2.95 bits per heavy atom. The van der Waals surface area contributed by atoms with E-state index in [2.05, 4.69) is 20.0 Å². The predicted octanol–water partition coefficient (Wildman–Crippen LogP) is 2.02. The number of nitrogens with zero attached hydrogens (tertiary/aromatic N) is 4. The molecule has 2 aromatic heterocycles. The molecule has 0 radical (unpaired) electrons. The summed E-state index contributed by atoms with van der Waals surface area (Å²) in [7, 11) is 0. The zero-order chi connectivity index (χ0) is 14.2. The largest absolute Gasteiger partial charge is 0.341 e. The van der Waals surface area contributed by atoms with Crippen LogP contribution in [-0.4, -0.2) is 46.2 Å². The van der Waals surface area contributed by atoms with Crippen LogP contribution in [0, 0.1) is 0 Å². The first kappa shape index (κ1) is 13.2. The number of carbonyl (C=O) groups excluding carboxylic acids is 1. The molecule has 0 aliphatic carbocycles. The van der Waals surface area contributed by atoms with E-state index in [1.54, 1.807) is 28.2 Å². The minimum atomic E-state index is 0.268. The van der Waals surface area contributed by atoms with E-state index in [1.165, 1.54) is 0 Å². The van der Waals surface area contributed by atoms with Crippen molar-refractivity contribution in [3.8, 4) is 0 Å². The van der Waals surface area contributed by atoms with Gasteiger partial charge < -0.3 is 9.80 Å². The monoisotopic (exact) mass is 320 g/mol. The van der Waals surface area contributed by atoms with Crippen LogP contribution in [0.2, 0.25) is 0 Å². The first-order chi connectivity index (χ1) is 10.3. The maximum Gasteiger partial charge on any atom is 0.228 e. The number of likely N-dealkylation sites (tertiary alicyclic amines) is 1. The van der Waals surface area contributed by atoms with Crippen molar-refractivity contribution in [3.63, 3.8) is 0 Å². The highest BCUT2D eigenvalue weighted by atomic mass is 32.1. The SMILES string of the molecule is O=C(Cc1cccs1)N1CC[C@@H]2[C@@H]1CCN2c1nncs1. The number of hydrogen-bond donors (Lipinski definition) is 0. The van der Waals surface area contributed by atoms with Gasteiger partial charge in [0.1, 0.15) is 5.51 Å². The van der Waals surface area contributed by atoms with E-state index in [-0.39, 0.29) is 5.91 Å². The summed E-state index contributed by atoms with van der Waals surface area (Å²) in [5.74, 6) is 0.268. The van der Waals surface area contributed by atoms with Crippen LogP contribution in [-0.2, 0) is 11.2 Å². The first-order valence-electron chi connectivity index (χ1n) is 7.17. The zero-order valence-corrected chi connectivity index (χ0v) is 13.1. The lowest BCUT2D eigenvalue weighted by atomic mass is 10.1. The second-order valence-corrected chi connectivity index (χ2v) is 7.31. The van der Waals surface area contributed by atoms with Gasteiger partial charge in [-0.25, -0.2) is 0 Å². The Hall–Kier alpha value is -1.47. The fraction of sp³-hybridized carbons (Fsp3) is 0.500. The summed E-state index contributed by atoms with van der Waals surface area (Å²) in [5.41, 5.74) is 1.78. The average molecular weight is 320 g/mol. The molecule has 0 saturated carbocycles. The van der Waals surface area contributed by atoms with Crippen LogP contribution < -0.4 is 4.90 Å². The van der Waals surface area contributed by atoms with Crippen molar-refractivity contribution in [2.45, 2.75) is 31.3 Å². The third kappa shape index (κ3) is 2.34. The molecule has 5 nitrogen and oxygen atoms in total. The van der Waals surface area contributed by atoms with Gasteiger partial charge in [-0.3, -0.25) is 4.79 Å². The van der Waals surface area contributed by atoms with E-state index in [0.717, 1.165) is 35.9 Å². The van der Waals surface area contributed by atoms with Crippen molar-refractivity contribution >= 4 is 33.7 Å². The molecule has 7 heteroatoms. The summed E-state index contributed by atoms with van der Waals surface area (Å²) in [6.07, 6.45) is 2.63. The molecule has 2 aliphatic rings. The highest BCUT2D eigenvalue weighted by Crippen LogP contribution is 2.35. The molecule has 4 rings (SSSR count). The lowest BCUT2D eigenvalue weighted by Crippen LogP contribution is -2.40. The summed E-state index contributed by atoms with van der Waals surface area (Å²) < 4.78 is 0. The van der Waals surface area contributed by atoms with Crippen molar-refractivity contribution in [2.75, 3.05) is 18.0 Å². The van der Waals surface area contributed by atoms with Crippen LogP contribution >= 0.6 is 22.7 Å². The summed E-state index contributed by atoms with van der Waals surface area (Å²) in [6, 6.07) is 4.82. The first-order valence-corrected chi connectivity index (χ1v) is 8.93. The molecule has 2 aromatic rings. The highest BCUT2D eigenvalue weighted by molar-refractivity contribution is 7.13. The lowest BCUT2D eigenvalue weighted by Gasteiger charge is -2.25. The van der Waals surface area contributed by atoms with Gasteiger partial charge in [0.2, 0.25) is 11.0 Å². The van der Waals surface area contributed by atoms with Crippen LogP contribution in [0.25, 0.3) is 0 Å². The number of fused-ring (bicyclic) bond motifs is 1. The van der Waals surface area contributed by atoms with E-state index in [0.29, 0.717) is 18.5 Å². The molecule has 2 fully saturated rings. The van der Waals surface area contributed by atoms with Gasteiger partial charge in [-0.1, -0.05) is 17.4 Å². The van der Waals surface area contributed by atoms with E-state index < -0.39 is 0 Å². The minimum absolute atomic E-state index is 0.268. The highest BCUT2D eigenvalue weighted by Gasteiger charge is 2.45. The van der Waals surface area contributed by atoms with Crippen LogP contribution in [0.4, 0.5) is 5.13 Å². The Morgan fingerprint density at radius 1 is 1.29 bits per heavy atom. The fourth-order valence-electron chi connectivity index (χ4n) is 3.49. The molecular formula is C14H16N4OS2. The van der Waals surface area contributed by atoms with Gasteiger partial charge in [0.15, 0.2) is 0 Å². The number of thiophene rings is 1. The number of rotatable bonds is 3. The zero-order valence-electron chi connectivity index (χ0n) is 11.5. The molecule has 0 aromatic carbocycles. The lowest BCUT2D eigenvalue weighted by molar-refractivity contribution is -0.131. The van der Waals surface area contributed by atoms with Gasteiger partial charge in [0.25, 0.3) is 0 Å².